The van der Waals surface area contributed by atoms with Crippen LogP contribution < -0.4 is 11.1 Å². The lowest BCUT2D eigenvalue weighted by Crippen LogP contribution is -2.49. The molecule has 1 aromatic rings. The Morgan fingerprint density at radius 2 is 1.89 bits per heavy atom. The number of amides is 1. The Morgan fingerprint density at radius 3 is 2.32 bits per heavy atom. The van der Waals surface area contributed by atoms with Crippen molar-refractivity contribution in [1.29, 1.82) is 0 Å². The lowest BCUT2D eigenvalue weighted by molar-refractivity contribution is -0.384. The van der Waals surface area contributed by atoms with Crippen LogP contribution in [0.3, 0.4) is 0 Å². The van der Waals surface area contributed by atoms with Crippen molar-refractivity contribution in [2.45, 2.75) is 25.8 Å². The molecule has 0 atom stereocenters. The molecule has 0 bridgehead atoms. The van der Waals surface area contributed by atoms with Gasteiger partial charge in [-0.05, 0) is 19.4 Å². The van der Waals surface area contributed by atoms with Crippen molar-refractivity contribution in [2.75, 3.05) is 6.54 Å². The van der Waals surface area contributed by atoms with Crippen LogP contribution in [0.4, 0.5) is 5.69 Å². The molecule has 0 aliphatic carbocycles. The number of hydrogen-bond donors (Lipinski definition) is 2. The van der Waals surface area contributed by atoms with Crippen LogP contribution in [0.15, 0.2) is 24.3 Å². The third-order valence-electron chi connectivity index (χ3n) is 2.50. The Hall–Kier alpha value is -1.66. The van der Waals surface area contributed by atoms with Gasteiger partial charge in [-0.25, -0.2) is 0 Å². The first kappa shape index (κ1) is 17.3. The number of halogens is 1. The summed E-state index contributed by atoms with van der Waals surface area (Å²) < 4.78 is 0. The summed E-state index contributed by atoms with van der Waals surface area (Å²) >= 11 is 0. The molecule has 0 fully saturated rings. The summed E-state index contributed by atoms with van der Waals surface area (Å²) in [4.78, 5) is 21.7. The maximum Gasteiger partial charge on any atom is 0.269 e. The number of hydrogen-bond acceptors (Lipinski definition) is 4. The minimum absolute atomic E-state index is 0. The number of carbonyl (C=O) groups is 1. The van der Waals surface area contributed by atoms with Crippen molar-refractivity contribution < 1.29 is 9.72 Å². The first-order chi connectivity index (χ1) is 8.34. The second-order valence-electron chi connectivity index (χ2n) is 4.74. The topological polar surface area (TPSA) is 98.3 Å². The zero-order valence-corrected chi connectivity index (χ0v) is 11.7. The number of nitrogens with two attached hydrogens (primary N) is 1. The van der Waals surface area contributed by atoms with E-state index >= 15 is 0 Å². The predicted octanol–water partition coefficient (Wildman–Crippen LogP) is 1.41. The number of non-ortho nitro benzene ring substituents is 1. The third-order valence-corrected chi connectivity index (χ3v) is 2.50. The zero-order valence-electron chi connectivity index (χ0n) is 10.9. The van der Waals surface area contributed by atoms with Gasteiger partial charge >= 0.3 is 0 Å². The molecule has 1 amide bonds. The fourth-order valence-corrected chi connectivity index (χ4v) is 1.39. The van der Waals surface area contributed by atoms with Crippen LogP contribution in [0.2, 0.25) is 0 Å². The summed E-state index contributed by atoms with van der Waals surface area (Å²) in [6, 6.07) is 5.92. The van der Waals surface area contributed by atoms with Crippen molar-refractivity contribution in [3.8, 4) is 0 Å². The van der Waals surface area contributed by atoms with E-state index in [1.165, 1.54) is 12.1 Å². The maximum absolute atomic E-state index is 11.7. The van der Waals surface area contributed by atoms with Crippen LogP contribution >= 0.6 is 12.4 Å². The van der Waals surface area contributed by atoms with Crippen LogP contribution in [0.25, 0.3) is 0 Å². The highest BCUT2D eigenvalue weighted by Crippen LogP contribution is 2.12. The van der Waals surface area contributed by atoms with E-state index in [0.29, 0.717) is 6.54 Å². The molecular formula is C12H18ClN3O3. The highest BCUT2D eigenvalue weighted by molar-refractivity contribution is 5.85. The van der Waals surface area contributed by atoms with Crippen LogP contribution in [-0.4, -0.2) is 22.9 Å². The van der Waals surface area contributed by atoms with Crippen molar-refractivity contribution in [3.63, 3.8) is 0 Å². The van der Waals surface area contributed by atoms with Gasteiger partial charge in [-0.2, -0.15) is 0 Å². The summed E-state index contributed by atoms with van der Waals surface area (Å²) in [6.07, 6.45) is 0.182. The summed E-state index contributed by atoms with van der Waals surface area (Å²) in [5.41, 5.74) is 5.81. The third kappa shape index (κ3) is 5.67. The SMILES string of the molecule is CC(C)(CN)NC(=O)Cc1ccc([N+](=O)[O-])cc1.Cl. The van der Waals surface area contributed by atoms with Gasteiger partial charge in [0.25, 0.3) is 5.69 Å². The molecule has 0 unspecified atom stereocenters. The van der Waals surface area contributed by atoms with Gasteiger partial charge in [0, 0.05) is 24.2 Å². The van der Waals surface area contributed by atoms with Gasteiger partial charge in [0.05, 0.1) is 11.3 Å². The molecule has 1 aromatic carbocycles. The smallest absolute Gasteiger partial charge is 0.269 e. The van der Waals surface area contributed by atoms with E-state index in [0.717, 1.165) is 5.56 Å². The highest BCUT2D eigenvalue weighted by Gasteiger charge is 2.18. The van der Waals surface area contributed by atoms with Gasteiger partial charge in [0.2, 0.25) is 5.91 Å². The van der Waals surface area contributed by atoms with E-state index in [-0.39, 0.29) is 30.4 Å². The fourth-order valence-electron chi connectivity index (χ4n) is 1.39. The second-order valence-corrected chi connectivity index (χ2v) is 4.74. The number of nitrogens with zero attached hydrogens (tertiary/aromatic N) is 1. The first-order valence-corrected chi connectivity index (χ1v) is 5.58. The molecule has 1 rings (SSSR count). The maximum atomic E-state index is 11.7. The largest absolute Gasteiger partial charge is 0.350 e. The van der Waals surface area contributed by atoms with Gasteiger partial charge in [-0.3, -0.25) is 14.9 Å². The number of nitro benzene ring substituents is 1. The van der Waals surface area contributed by atoms with Gasteiger partial charge in [0.1, 0.15) is 0 Å². The molecule has 6 nitrogen and oxygen atoms in total. The zero-order chi connectivity index (χ0) is 13.8. The van der Waals surface area contributed by atoms with Crippen molar-refractivity contribution >= 4 is 24.0 Å². The molecule has 0 aromatic heterocycles. The molecule has 7 heteroatoms. The van der Waals surface area contributed by atoms with E-state index in [9.17, 15) is 14.9 Å². The van der Waals surface area contributed by atoms with E-state index in [1.807, 2.05) is 13.8 Å². The molecule has 106 valence electrons. The molecule has 0 aliphatic heterocycles. The molecule has 0 saturated heterocycles. The van der Waals surface area contributed by atoms with Crippen LogP contribution in [0.1, 0.15) is 19.4 Å². The first-order valence-electron chi connectivity index (χ1n) is 5.58. The number of nitrogens with one attached hydrogen (secondary N) is 1. The average molecular weight is 288 g/mol. The number of rotatable bonds is 5. The molecule has 19 heavy (non-hydrogen) atoms. The molecule has 0 spiro atoms. The molecule has 0 saturated carbocycles. The molecular weight excluding hydrogens is 270 g/mol. The average Bonchev–Trinajstić information content (AvgIpc) is 2.29. The van der Waals surface area contributed by atoms with Gasteiger partial charge in [0.15, 0.2) is 0 Å². The Morgan fingerprint density at radius 1 is 1.37 bits per heavy atom. The lowest BCUT2D eigenvalue weighted by Gasteiger charge is -2.24. The van der Waals surface area contributed by atoms with Gasteiger partial charge < -0.3 is 11.1 Å². The molecule has 0 aliphatic rings. The molecule has 0 radical (unpaired) electrons. The summed E-state index contributed by atoms with van der Waals surface area (Å²) in [5.74, 6) is -0.153. The summed E-state index contributed by atoms with van der Waals surface area (Å²) in [7, 11) is 0. The standard InChI is InChI=1S/C12H17N3O3.ClH/c1-12(2,8-13)14-11(16)7-9-3-5-10(6-4-9)15(17)18;/h3-6H,7-8,13H2,1-2H3,(H,14,16);1H. The quantitative estimate of drug-likeness (QED) is 0.632. The summed E-state index contributed by atoms with van der Waals surface area (Å²) in [6.45, 7) is 4.01. The van der Waals surface area contributed by atoms with Gasteiger partial charge in [-0.15, -0.1) is 12.4 Å². The number of nitro groups is 1. The normalized spacial score (nSPS) is 10.5. The van der Waals surface area contributed by atoms with Crippen molar-refractivity contribution in [1.82, 2.24) is 5.32 Å². The number of carbonyl (C=O) groups excluding carboxylic acids is 1. The lowest BCUT2D eigenvalue weighted by atomic mass is 10.0. The molecule has 0 heterocycles. The van der Waals surface area contributed by atoms with E-state index in [1.54, 1.807) is 12.1 Å². The Labute approximate surface area is 117 Å². The Bertz CT molecular complexity index is 446. The van der Waals surface area contributed by atoms with Crippen LogP contribution in [0.5, 0.6) is 0 Å². The predicted molar refractivity (Wildman–Crippen MR) is 75.3 cm³/mol. The fraction of sp³-hybridized carbons (Fsp3) is 0.417. The monoisotopic (exact) mass is 287 g/mol. The van der Waals surface area contributed by atoms with E-state index in [4.69, 9.17) is 5.73 Å². The van der Waals surface area contributed by atoms with E-state index in [2.05, 4.69) is 5.32 Å². The Balaban J connectivity index is 0.00000324. The second kappa shape index (κ2) is 7.06. The Kier molecular flexibility index (Phi) is 6.44. The van der Waals surface area contributed by atoms with Crippen LogP contribution in [0, 0.1) is 10.1 Å². The van der Waals surface area contributed by atoms with E-state index < -0.39 is 10.5 Å². The molecule has 3 N–H and O–H groups in total. The minimum Gasteiger partial charge on any atom is -0.350 e. The number of benzene rings is 1. The summed E-state index contributed by atoms with van der Waals surface area (Å²) in [5, 5.41) is 13.3. The van der Waals surface area contributed by atoms with Crippen molar-refractivity contribution in [2.24, 2.45) is 5.73 Å². The minimum atomic E-state index is -0.471. The van der Waals surface area contributed by atoms with Crippen molar-refractivity contribution in [3.05, 3.63) is 39.9 Å². The van der Waals surface area contributed by atoms with Gasteiger partial charge in [-0.1, -0.05) is 12.1 Å². The highest BCUT2D eigenvalue weighted by atomic mass is 35.5. The van der Waals surface area contributed by atoms with Crippen LogP contribution in [-0.2, 0) is 11.2 Å².